The number of carbonyl (C=O) groups is 2. The van der Waals surface area contributed by atoms with Crippen LogP contribution in [0.4, 0.5) is 0 Å². The van der Waals surface area contributed by atoms with Gasteiger partial charge in [-0.2, -0.15) is 0 Å². The van der Waals surface area contributed by atoms with E-state index in [1.165, 1.54) is 0 Å². The van der Waals surface area contributed by atoms with E-state index < -0.39 is 5.97 Å². The van der Waals surface area contributed by atoms with E-state index in [4.69, 9.17) is 9.47 Å². The van der Waals surface area contributed by atoms with E-state index >= 15 is 0 Å². The number of ketones is 1. The highest BCUT2D eigenvalue weighted by Gasteiger charge is 2.16. The molecule has 0 amide bonds. The fraction of sp³-hybridized carbons (Fsp3) is 0.0526. The van der Waals surface area contributed by atoms with Gasteiger partial charge in [-0.1, -0.05) is 30.3 Å². The summed E-state index contributed by atoms with van der Waals surface area (Å²) in [5.74, 6) is 0.0810. The van der Waals surface area contributed by atoms with Gasteiger partial charge in [0, 0.05) is 6.20 Å². The van der Waals surface area contributed by atoms with Crippen molar-refractivity contribution in [2.45, 2.75) is 0 Å². The van der Waals surface area contributed by atoms with Crippen LogP contribution in [0.15, 0.2) is 72.9 Å². The highest BCUT2D eigenvalue weighted by Crippen LogP contribution is 2.25. The van der Waals surface area contributed by atoms with Gasteiger partial charge in [0.2, 0.25) is 5.78 Å². The molecule has 1 N–H and O–H groups in total. The largest absolute Gasteiger partial charge is 0.456 e. The van der Waals surface area contributed by atoms with Crippen molar-refractivity contribution in [1.29, 1.82) is 0 Å². The molecule has 0 aliphatic heterocycles. The lowest BCUT2D eigenvalue weighted by molar-refractivity contribution is 0.0471. The lowest BCUT2D eigenvalue weighted by atomic mass is 10.2. The van der Waals surface area contributed by atoms with Crippen molar-refractivity contribution >= 4 is 11.8 Å². The number of ether oxygens (including phenoxy) is 2. The van der Waals surface area contributed by atoms with Crippen molar-refractivity contribution in [3.8, 4) is 11.5 Å². The quantitative estimate of drug-likeness (QED) is 0.553. The molecule has 5 heteroatoms. The van der Waals surface area contributed by atoms with Gasteiger partial charge in [-0.3, -0.25) is 4.79 Å². The molecular weight excluding hydrogens is 306 g/mol. The summed E-state index contributed by atoms with van der Waals surface area (Å²) in [6, 6.07) is 19.2. The van der Waals surface area contributed by atoms with E-state index in [9.17, 15) is 9.59 Å². The zero-order valence-electron chi connectivity index (χ0n) is 12.8. The van der Waals surface area contributed by atoms with E-state index in [2.05, 4.69) is 4.98 Å². The monoisotopic (exact) mass is 321 g/mol. The summed E-state index contributed by atoms with van der Waals surface area (Å²) in [5.41, 5.74) is 0.664. The van der Waals surface area contributed by atoms with Crippen molar-refractivity contribution < 1.29 is 19.1 Å². The van der Waals surface area contributed by atoms with Crippen LogP contribution in [0.2, 0.25) is 0 Å². The minimum atomic E-state index is -0.610. The summed E-state index contributed by atoms with van der Waals surface area (Å²) in [6.07, 6.45) is 1.64. The smallest absolute Gasteiger partial charge is 0.342 e. The molecule has 1 aromatic heterocycles. The number of H-pyrrole nitrogens is 1. The molecule has 24 heavy (non-hydrogen) atoms. The number of aromatic nitrogens is 1. The first-order valence-corrected chi connectivity index (χ1v) is 7.39. The van der Waals surface area contributed by atoms with E-state index in [0.29, 0.717) is 17.2 Å². The Morgan fingerprint density at radius 2 is 1.62 bits per heavy atom. The lowest BCUT2D eigenvalue weighted by Crippen LogP contribution is -2.15. The molecule has 0 aliphatic carbocycles. The zero-order chi connectivity index (χ0) is 16.8. The summed E-state index contributed by atoms with van der Waals surface area (Å²) < 4.78 is 10.8. The number of hydrogen-bond acceptors (Lipinski definition) is 4. The second kappa shape index (κ2) is 7.28. The Labute approximate surface area is 138 Å². The molecule has 2 aromatic carbocycles. The van der Waals surface area contributed by atoms with Gasteiger partial charge >= 0.3 is 5.97 Å². The standard InChI is InChI=1S/C19H15NO4/c21-17(16-10-6-12-20-16)13-23-19(22)15-9-4-5-11-18(15)24-14-7-2-1-3-8-14/h1-12,20H,13H2. The first-order chi connectivity index (χ1) is 11.7. The van der Waals surface area contributed by atoms with Gasteiger partial charge in [-0.25, -0.2) is 4.79 Å². The molecule has 0 radical (unpaired) electrons. The normalized spacial score (nSPS) is 10.2. The number of esters is 1. The SMILES string of the molecule is O=C(COC(=O)c1ccccc1Oc1ccccc1)c1ccc[nH]1. The van der Waals surface area contributed by atoms with Crippen molar-refractivity contribution in [3.63, 3.8) is 0 Å². The van der Waals surface area contributed by atoms with E-state index in [-0.39, 0.29) is 18.0 Å². The van der Waals surface area contributed by atoms with E-state index in [0.717, 1.165) is 0 Å². The fourth-order valence-electron chi connectivity index (χ4n) is 2.13. The highest BCUT2D eigenvalue weighted by molar-refractivity contribution is 5.98. The van der Waals surface area contributed by atoms with Crippen LogP contribution in [-0.2, 0) is 4.74 Å². The number of carbonyl (C=O) groups excluding carboxylic acids is 2. The Morgan fingerprint density at radius 3 is 2.38 bits per heavy atom. The summed E-state index contributed by atoms with van der Waals surface area (Å²) in [6.45, 7) is -0.334. The third kappa shape index (κ3) is 3.70. The molecule has 0 fully saturated rings. The predicted molar refractivity (Wildman–Crippen MR) is 88.4 cm³/mol. The Morgan fingerprint density at radius 1 is 0.875 bits per heavy atom. The van der Waals surface area contributed by atoms with Crippen LogP contribution in [0.1, 0.15) is 20.8 Å². The molecule has 0 saturated carbocycles. The first-order valence-electron chi connectivity index (χ1n) is 7.39. The maximum Gasteiger partial charge on any atom is 0.342 e. The summed E-state index contributed by atoms with van der Waals surface area (Å²) in [7, 11) is 0. The first kappa shape index (κ1) is 15.6. The van der Waals surface area contributed by atoms with Gasteiger partial charge < -0.3 is 14.5 Å². The average Bonchev–Trinajstić information content (AvgIpc) is 3.15. The molecule has 0 bridgehead atoms. The number of hydrogen-bond donors (Lipinski definition) is 1. The highest BCUT2D eigenvalue weighted by atomic mass is 16.5. The van der Waals surface area contributed by atoms with Crippen molar-refractivity contribution in [2.24, 2.45) is 0 Å². The third-order valence-corrected chi connectivity index (χ3v) is 3.31. The van der Waals surface area contributed by atoms with Gasteiger partial charge in [-0.05, 0) is 36.4 Å². The molecule has 3 aromatic rings. The maximum absolute atomic E-state index is 12.3. The molecule has 120 valence electrons. The average molecular weight is 321 g/mol. The number of para-hydroxylation sites is 2. The molecule has 0 aliphatic rings. The topological polar surface area (TPSA) is 68.4 Å². The van der Waals surface area contributed by atoms with Crippen LogP contribution in [0.5, 0.6) is 11.5 Å². The van der Waals surface area contributed by atoms with Crippen LogP contribution < -0.4 is 4.74 Å². The van der Waals surface area contributed by atoms with Crippen LogP contribution >= 0.6 is 0 Å². The number of nitrogens with one attached hydrogen (secondary N) is 1. The number of benzene rings is 2. The summed E-state index contributed by atoms with van der Waals surface area (Å²) in [5, 5.41) is 0. The summed E-state index contributed by atoms with van der Waals surface area (Å²) >= 11 is 0. The molecule has 3 rings (SSSR count). The molecule has 0 atom stereocenters. The van der Waals surface area contributed by atoms with Gasteiger partial charge in [0.25, 0.3) is 0 Å². The maximum atomic E-state index is 12.3. The second-order valence-electron chi connectivity index (χ2n) is 4.99. The Kier molecular flexibility index (Phi) is 4.72. The number of rotatable bonds is 6. The van der Waals surface area contributed by atoms with Gasteiger partial charge in [-0.15, -0.1) is 0 Å². The molecule has 5 nitrogen and oxygen atoms in total. The van der Waals surface area contributed by atoms with E-state index in [1.54, 1.807) is 54.7 Å². The molecule has 0 spiro atoms. The second-order valence-corrected chi connectivity index (χ2v) is 4.99. The van der Waals surface area contributed by atoms with Crippen LogP contribution in [0.25, 0.3) is 0 Å². The van der Waals surface area contributed by atoms with Crippen molar-refractivity contribution in [3.05, 3.63) is 84.2 Å². The fourth-order valence-corrected chi connectivity index (χ4v) is 2.13. The summed E-state index contributed by atoms with van der Waals surface area (Å²) in [4.78, 5) is 26.9. The van der Waals surface area contributed by atoms with Gasteiger partial charge in [0.05, 0.1) is 5.69 Å². The number of Topliss-reactive ketones (excluding diaryl/α,β-unsaturated/α-hetero) is 1. The molecule has 1 heterocycles. The molecule has 0 unspecified atom stereocenters. The van der Waals surface area contributed by atoms with E-state index in [1.807, 2.05) is 18.2 Å². The Bertz CT molecular complexity index is 826. The predicted octanol–water partition coefficient (Wildman–Crippen LogP) is 3.85. The van der Waals surface area contributed by atoms with Gasteiger partial charge in [0.15, 0.2) is 6.61 Å². The lowest BCUT2D eigenvalue weighted by Gasteiger charge is -2.10. The van der Waals surface area contributed by atoms with Crippen molar-refractivity contribution in [1.82, 2.24) is 4.98 Å². The minimum Gasteiger partial charge on any atom is -0.456 e. The van der Waals surface area contributed by atoms with Crippen LogP contribution in [-0.4, -0.2) is 23.3 Å². The third-order valence-electron chi connectivity index (χ3n) is 3.31. The number of aromatic amines is 1. The molecular formula is C19H15NO4. The Hall–Kier alpha value is -3.34. The minimum absolute atomic E-state index is 0.264. The van der Waals surface area contributed by atoms with Gasteiger partial charge in [0.1, 0.15) is 17.1 Å². The van der Waals surface area contributed by atoms with Crippen LogP contribution in [0.3, 0.4) is 0 Å². The Balaban J connectivity index is 1.70. The van der Waals surface area contributed by atoms with Crippen LogP contribution in [0, 0.1) is 0 Å². The van der Waals surface area contributed by atoms with Crippen molar-refractivity contribution in [2.75, 3.05) is 6.61 Å². The molecule has 0 saturated heterocycles. The zero-order valence-corrected chi connectivity index (χ0v) is 12.8.